The Morgan fingerprint density at radius 3 is 3.05 bits per heavy atom. The largest absolute Gasteiger partial charge is 0.472 e. The molecule has 0 saturated carbocycles. The smallest absolute Gasteiger partial charge is 0.386 e. The van der Waals surface area contributed by atoms with Gasteiger partial charge in [-0.15, -0.1) is 0 Å². The molecule has 2 fully saturated rings. The van der Waals surface area contributed by atoms with Crippen molar-refractivity contribution in [1.29, 1.82) is 0 Å². The van der Waals surface area contributed by atoms with E-state index in [1.807, 2.05) is 0 Å². The van der Waals surface area contributed by atoms with E-state index >= 15 is 0 Å². The summed E-state index contributed by atoms with van der Waals surface area (Å²) in [5.41, 5.74) is 6.46. The molecule has 118 valence electrons. The molecule has 3 unspecified atom stereocenters. The molecule has 0 aromatic carbocycles. The number of anilines is 1. The first kappa shape index (κ1) is 14.0. The van der Waals surface area contributed by atoms with Gasteiger partial charge in [-0.2, -0.15) is 0 Å². The van der Waals surface area contributed by atoms with Crippen LogP contribution in [0.4, 0.5) is 5.82 Å². The summed E-state index contributed by atoms with van der Waals surface area (Å²) in [6, 6.07) is 0. The highest BCUT2D eigenvalue weighted by Crippen LogP contribution is 2.52. The number of aliphatic hydroxyl groups excluding tert-OH is 1. The molecule has 11 nitrogen and oxygen atoms in total. The van der Waals surface area contributed by atoms with Crippen LogP contribution in [-0.4, -0.2) is 54.4 Å². The number of nitrogens with zero attached hydrogens (tertiary/aromatic N) is 4. The van der Waals surface area contributed by atoms with E-state index < -0.39 is 32.4 Å². The molecule has 4 heterocycles. The summed E-state index contributed by atoms with van der Waals surface area (Å²) in [4.78, 5) is 21.3. The van der Waals surface area contributed by atoms with Crippen molar-refractivity contribution in [3.05, 3.63) is 12.7 Å². The first-order valence-electron chi connectivity index (χ1n) is 6.38. The lowest BCUT2D eigenvalue weighted by molar-refractivity contribution is -0.0664. The van der Waals surface area contributed by atoms with Gasteiger partial charge < -0.3 is 20.5 Å². The Bertz CT molecular complexity index is 782. The maximum Gasteiger partial charge on any atom is 0.472 e. The molecule has 5 atom stereocenters. The summed E-state index contributed by atoms with van der Waals surface area (Å²) in [6.07, 6.45) is -1.07. The molecule has 2 saturated heterocycles. The van der Waals surface area contributed by atoms with Crippen molar-refractivity contribution >= 4 is 24.8 Å². The minimum Gasteiger partial charge on any atom is -0.386 e. The number of phosphoric acid groups is 1. The van der Waals surface area contributed by atoms with Crippen molar-refractivity contribution in [2.45, 2.75) is 24.5 Å². The number of nitrogens with two attached hydrogens (primary N) is 1. The second-order valence-corrected chi connectivity index (χ2v) is 6.38. The fourth-order valence-corrected chi connectivity index (χ4v) is 3.59. The number of fused-ring (bicyclic) bond motifs is 2. The molecule has 12 heteroatoms. The van der Waals surface area contributed by atoms with Gasteiger partial charge in [0.05, 0.1) is 12.9 Å². The van der Waals surface area contributed by atoms with Crippen LogP contribution in [0, 0.1) is 0 Å². The van der Waals surface area contributed by atoms with Crippen LogP contribution < -0.4 is 5.73 Å². The summed E-state index contributed by atoms with van der Waals surface area (Å²) < 4.78 is 28.2. The fourth-order valence-electron chi connectivity index (χ4n) is 2.62. The van der Waals surface area contributed by atoms with E-state index in [1.54, 1.807) is 0 Å². The van der Waals surface area contributed by atoms with Crippen molar-refractivity contribution < 1.29 is 28.3 Å². The number of nitrogen functional groups attached to an aromatic ring is 1. The second-order valence-electron chi connectivity index (χ2n) is 4.97. The average Bonchev–Trinajstić information content (AvgIpc) is 3.01. The van der Waals surface area contributed by atoms with Gasteiger partial charge in [0, 0.05) is 0 Å². The quantitative estimate of drug-likeness (QED) is 0.565. The number of hydrogen-bond donors (Lipinski definition) is 3. The lowest BCUT2D eigenvalue weighted by atomic mass is 10.1. The van der Waals surface area contributed by atoms with Gasteiger partial charge in [-0.05, 0) is 0 Å². The third kappa shape index (κ3) is 2.02. The Kier molecular flexibility index (Phi) is 2.98. The molecule has 4 N–H and O–H groups in total. The summed E-state index contributed by atoms with van der Waals surface area (Å²) in [6.45, 7) is -0.157. The number of aliphatic hydroxyl groups is 1. The van der Waals surface area contributed by atoms with E-state index in [0.29, 0.717) is 11.2 Å². The van der Waals surface area contributed by atoms with Crippen LogP contribution >= 0.6 is 7.82 Å². The van der Waals surface area contributed by atoms with E-state index in [2.05, 4.69) is 19.5 Å². The molecule has 2 aliphatic rings. The van der Waals surface area contributed by atoms with Crippen LogP contribution in [0.3, 0.4) is 0 Å². The summed E-state index contributed by atoms with van der Waals surface area (Å²) in [7, 11) is -4.16. The number of hydrogen-bond acceptors (Lipinski definition) is 9. The maximum atomic E-state index is 11.5. The van der Waals surface area contributed by atoms with E-state index in [4.69, 9.17) is 15.0 Å². The molecule has 0 radical (unpaired) electrons. The van der Waals surface area contributed by atoms with Crippen LogP contribution in [-0.2, 0) is 18.3 Å². The predicted octanol–water partition coefficient (Wildman–Crippen LogP) is -0.817. The zero-order valence-corrected chi connectivity index (χ0v) is 11.9. The van der Waals surface area contributed by atoms with Gasteiger partial charge >= 0.3 is 7.82 Å². The Morgan fingerprint density at radius 1 is 1.41 bits per heavy atom. The summed E-state index contributed by atoms with van der Waals surface area (Å²) >= 11 is 0. The Hall–Kier alpha value is -1.62. The SMILES string of the molecule is Nc1ncnc2c1ncn2C1OC2COP(=O)(O)O[C@@H]2[C@@H]1O. The number of rotatable bonds is 1. The van der Waals surface area contributed by atoms with Crippen LogP contribution in [0.5, 0.6) is 0 Å². The molecule has 0 spiro atoms. The molecule has 22 heavy (non-hydrogen) atoms. The molecule has 0 bridgehead atoms. The zero-order valence-electron chi connectivity index (χ0n) is 11.0. The highest BCUT2D eigenvalue weighted by atomic mass is 31.2. The van der Waals surface area contributed by atoms with Gasteiger partial charge in [-0.3, -0.25) is 13.6 Å². The number of ether oxygens (including phenoxy) is 1. The molecule has 0 amide bonds. The molecule has 0 aliphatic carbocycles. The Morgan fingerprint density at radius 2 is 2.23 bits per heavy atom. The molecular weight excluding hydrogens is 317 g/mol. The molecule has 2 aromatic heterocycles. The van der Waals surface area contributed by atoms with Crippen LogP contribution in [0.2, 0.25) is 0 Å². The van der Waals surface area contributed by atoms with Crippen molar-refractivity contribution in [2.75, 3.05) is 12.3 Å². The minimum absolute atomic E-state index is 0.157. The molecule has 2 aromatic rings. The number of imidazole rings is 1. The van der Waals surface area contributed by atoms with Crippen molar-refractivity contribution in [3.8, 4) is 0 Å². The van der Waals surface area contributed by atoms with Crippen molar-refractivity contribution in [1.82, 2.24) is 19.5 Å². The van der Waals surface area contributed by atoms with E-state index in [-0.39, 0.29) is 12.4 Å². The highest BCUT2D eigenvalue weighted by Gasteiger charge is 2.52. The lowest BCUT2D eigenvalue weighted by Crippen LogP contribution is -2.39. The van der Waals surface area contributed by atoms with E-state index in [9.17, 15) is 14.6 Å². The third-order valence-electron chi connectivity index (χ3n) is 3.63. The molecule has 4 rings (SSSR count). The highest BCUT2D eigenvalue weighted by molar-refractivity contribution is 7.47. The van der Waals surface area contributed by atoms with E-state index in [1.165, 1.54) is 17.2 Å². The molecule has 2 aliphatic heterocycles. The normalized spacial score (nSPS) is 38.3. The Balaban J connectivity index is 1.71. The zero-order chi connectivity index (χ0) is 15.5. The first-order valence-corrected chi connectivity index (χ1v) is 7.88. The van der Waals surface area contributed by atoms with Gasteiger partial charge in [0.1, 0.15) is 30.2 Å². The fraction of sp³-hybridized carbons (Fsp3) is 0.500. The summed E-state index contributed by atoms with van der Waals surface area (Å²) in [5, 5.41) is 10.4. The van der Waals surface area contributed by atoms with Crippen molar-refractivity contribution in [3.63, 3.8) is 0 Å². The maximum absolute atomic E-state index is 11.5. The second kappa shape index (κ2) is 4.69. The van der Waals surface area contributed by atoms with Gasteiger partial charge in [0.25, 0.3) is 0 Å². The molecular formula is C10H12N5O6P. The number of phosphoric ester groups is 1. The van der Waals surface area contributed by atoms with Gasteiger partial charge in [0.2, 0.25) is 0 Å². The number of aromatic nitrogens is 4. The minimum atomic E-state index is -4.16. The summed E-state index contributed by atoms with van der Waals surface area (Å²) in [5.74, 6) is 0.202. The third-order valence-corrected chi connectivity index (χ3v) is 4.61. The topological polar surface area (TPSA) is 155 Å². The van der Waals surface area contributed by atoms with Gasteiger partial charge in [-0.25, -0.2) is 19.5 Å². The standard InChI is InChI=1S/C10H12N5O6P/c11-8-5-9(13-2-12-8)15(3-14-5)10-6(16)7-4(20-10)1-19-22(17,18)21-7/h2-4,6-7,10,16H,1H2,(H,17,18)(H2,11,12,13)/t4?,6-,7-,10?/m0/s1. The predicted molar refractivity (Wildman–Crippen MR) is 70.3 cm³/mol. The van der Waals surface area contributed by atoms with Gasteiger partial charge in [0.15, 0.2) is 17.7 Å². The first-order chi connectivity index (χ1) is 10.5. The van der Waals surface area contributed by atoms with E-state index in [0.717, 1.165) is 0 Å². The van der Waals surface area contributed by atoms with Crippen LogP contribution in [0.25, 0.3) is 11.2 Å². The van der Waals surface area contributed by atoms with Crippen LogP contribution in [0.15, 0.2) is 12.7 Å². The van der Waals surface area contributed by atoms with Crippen molar-refractivity contribution in [2.24, 2.45) is 0 Å². The Labute approximate surface area is 123 Å². The average molecular weight is 329 g/mol. The monoisotopic (exact) mass is 329 g/mol. The van der Waals surface area contributed by atoms with Gasteiger partial charge in [-0.1, -0.05) is 0 Å². The van der Waals surface area contributed by atoms with Crippen LogP contribution in [0.1, 0.15) is 6.23 Å². The lowest BCUT2D eigenvalue weighted by Gasteiger charge is -2.27.